The highest BCUT2D eigenvalue weighted by molar-refractivity contribution is 6.01. The van der Waals surface area contributed by atoms with Crippen molar-refractivity contribution in [2.24, 2.45) is 10.7 Å². The Morgan fingerprint density at radius 3 is 2.65 bits per heavy atom. The lowest BCUT2D eigenvalue weighted by Gasteiger charge is -2.11. The van der Waals surface area contributed by atoms with Gasteiger partial charge >= 0.3 is 0 Å². The van der Waals surface area contributed by atoms with Gasteiger partial charge in [0, 0.05) is 17.3 Å². The molecule has 0 saturated carbocycles. The van der Waals surface area contributed by atoms with E-state index in [4.69, 9.17) is 5.73 Å². The largest absolute Gasteiger partial charge is 0.383 e. The first kappa shape index (κ1) is 13.6. The molecule has 112 valence electrons. The molecular weight excluding hydrogens is 289 g/mol. The number of hydrogen-bond acceptors (Lipinski definition) is 3. The molecule has 0 aliphatic carbocycles. The standard InChI is InChI=1S/C19H14FN3/c20-15-9-14(10-22-11-15)12-4-3-5-13(8-12)18-16-6-1-2-7-17(16)19(21)23-18/h1-11,18H,(H2,21,23). The number of rotatable bonds is 2. The van der Waals surface area contributed by atoms with Crippen molar-refractivity contribution in [1.29, 1.82) is 0 Å². The van der Waals surface area contributed by atoms with Crippen molar-refractivity contribution in [2.75, 3.05) is 0 Å². The van der Waals surface area contributed by atoms with E-state index >= 15 is 0 Å². The van der Waals surface area contributed by atoms with Gasteiger partial charge in [-0.2, -0.15) is 0 Å². The fraction of sp³-hybridized carbons (Fsp3) is 0.0526. The van der Waals surface area contributed by atoms with Crippen LogP contribution in [-0.4, -0.2) is 10.8 Å². The highest BCUT2D eigenvalue weighted by Gasteiger charge is 2.24. The van der Waals surface area contributed by atoms with Crippen molar-refractivity contribution in [3.8, 4) is 11.1 Å². The predicted molar refractivity (Wildman–Crippen MR) is 88.6 cm³/mol. The summed E-state index contributed by atoms with van der Waals surface area (Å²) in [6.07, 6.45) is 2.86. The average molecular weight is 303 g/mol. The summed E-state index contributed by atoms with van der Waals surface area (Å²) in [5.41, 5.74) is 10.8. The van der Waals surface area contributed by atoms with E-state index in [0.717, 1.165) is 27.8 Å². The zero-order chi connectivity index (χ0) is 15.8. The van der Waals surface area contributed by atoms with Gasteiger partial charge in [-0.15, -0.1) is 0 Å². The molecule has 23 heavy (non-hydrogen) atoms. The monoisotopic (exact) mass is 303 g/mol. The summed E-state index contributed by atoms with van der Waals surface area (Å²) in [5, 5.41) is 0. The van der Waals surface area contributed by atoms with Gasteiger partial charge in [0.05, 0.1) is 6.20 Å². The lowest BCUT2D eigenvalue weighted by Crippen LogP contribution is -2.09. The summed E-state index contributed by atoms with van der Waals surface area (Å²) in [4.78, 5) is 8.50. The lowest BCUT2D eigenvalue weighted by atomic mass is 9.95. The fourth-order valence-electron chi connectivity index (χ4n) is 2.96. The maximum atomic E-state index is 13.4. The third-order valence-corrected chi connectivity index (χ3v) is 4.04. The highest BCUT2D eigenvalue weighted by Crippen LogP contribution is 2.35. The summed E-state index contributed by atoms with van der Waals surface area (Å²) >= 11 is 0. The molecule has 0 spiro atoms. The topological polar surface area (TPSA) is 51.3 Å². The minimum atomic E-state index is -0.346. The molecule has 0 saturated heterocycles. The van der Waals surface area contributed by atoms with Gasteiger partial charge in [-0.3, -0.25) is 9.98 Å². The first-order chi connectivity index (χ1) is 11.2. The van der Waals surface area contributed by atoms with E-state index in [2.05, 4.69) is 9.98 Å². The van der Waals surface area contributed by atoms with E-state index in [9.17, 15) is 4.39 Å². The van der Waals surface area contributed by atoms with E-state index in [-0.39, 0.29) is 11.9 Å². The smallest absolute Gasteiger partial charge is 0.142 e. The van der Waals surface area contributed by atoms with Crippen molar-refractivity contribution in [1.82, 2.24) is 4.98 Å². The van der Waals surface area contributed by atoms with Gasteiger partial charge in [0.2, 0.25) is 0 Å². The maximum Gasteiger partial charge on any atom is 0.142 e. The van der Waals surface area contributed by atoms with Gasteiger partial charge in [-0.25, -0.2) is 4.39 Å². The van der Waals surface area contributed by atoms with Crippen molar-refractivity contribution in [2.45, 2.75) is 6.04 Å². The third kappa shape index (κ3) is 2.38. The quantitative estimate of drug-likeness (QED) is 0.785. The van der Waals surface area contributed by atoms with Crippen LogP contribution in [0.4, 0.5) is 4.39 Å². The van der Waals surface area contributed by atoms with E-state index in [1.54, 1.807) is 6.20 Å². The van der Waals surface area contributed by atoms with Crippen LogP contribution < -0.4 is 5.73 Å². The number of hydrogen-bond donors (Lipinski definition) is 1. The Balaban J connectivity index is 1.79. The Hall–Kier alpha value is -3.01. The summed E-state index contributed by atoms with van der Waals surface area (Å²) in [6, 6.07) is 17.2. The second-order valence-corrected chi connectivity index (χ2v) is 5.52. The van der Waals surface area contributed by atoms with E-state index < -0.39 is 0 Å². The van der Waals surface area contributed by atoms with Gasteiger partial charge in [-0.1, -0.05) is 42.5 Å². The first-order valence-corrected chi connectivity index (χ1v) is 7.36. The van der Waals surface area contributed by atoms with Gasteiger partial charge in [0.15, 0.2) is 0 Å². The number of aliphatic imine (C=N–C) groups is 1. The number of nitrogens with two attached hydrogens (primary N) is 1. The summed E-state index contributed by atoms with van der Waals surface area (Å²) in [7, 11) is 0. The van der Waals surface area contributed by atoms with Crippen LogP contribution >= 0.6 is 0 Å². The van der Waals surface area contributed by atoms with Gasteiger partial charge in [0.1, 0.15) is 17.7 Å². The molecular formula is C19H14FN3. The zero-order valence-corrected chi connectivity index (χ0v) is 12.3. The molecule has 1 unspecified atom stereocenters. The molecule has 3 aromatic rings. The molecule has 0 bridgehead atoms. The zero-order valence-electron chi connectivity index (χ0n) is 12.3. The molecule has 1 aliphatic rings. The minimum absolute atomic E-state index is 0.118. The first-order valence-electron chi connectivity index (χ1n) is 7.36. The second kappa shape index (κ2) is 5.32. The summed E-state index contributed by atoms with van der Waals surface area (Å²) in [5.74, 6) is 0.213. The molecule has 2 N–H and O–H groups in total. The molecule has 0 amide bonds. The van der Waals surface area contributed by atoms with Crippen molar-refractivity contribution in [3.05, 3.63) is 89.5 Å². The second-order valence-electron chi connectivity index (χ2n) is 5.52. The van der Waals surface area contributed by atoms with Crippen LogP contribution in [0.5, 0.6) is 0 Å². The van der Waals surface area contributed by atoms with Crippen LogP contribution in [0, 0.1) is 5.82 Å². The molecule has 0 radical (unpaired) electrons. The predicted octanol–water partition coefficient (Wildman–Crippen LogP) is 3.70. The number of benzene rings is 2. The van der Waals surface area contributed by atoms with Crippen LogP contribution in [0.3, 0.4) is 0 Å². The van der Waals surface area contributed by atoms with Crippen LogP contribution in [0.1, 0.15) is 22.7 Å². The third-order valence-electron chi connectivity index (χ3n) is 4.04. The number of fused-ring (bicyclic) bond motifs is 1. The Bertz CT molecular complexity index is 918. The highest BCUT2D eigenvalue weighted by atomic mass is 19.1. The van der Waals surface area contributed by atoms with Crippen LogP contribution in [0.15, 0.2) is 72.0 Å². The van der Waals surface area contributed by atoms with Gasteiger partial charge < -0.3 is 5.73 Å². The molecule has 1 aromatic heterocycles. The molecule has 0 fully saturated rings. The normalized spacial score (nSPS) is 16.0. The maximum absolute atomic E-state index is 13.4. The Morgan fingerprint density at radius 2 is 1.78 bits per heavy atom. The van der Waals surface area contributed by atoms with Crippen LogP contribution in [-0.2, 0) is 0 Å². The molecule has 1 atom stereocenters. The Kier molecular flexibility index (Phi) is 3.15. The summed E-state index contributed by atoms with van der Waals surface area (Å²) in [6.45, 7) is 0. The molecule has 2 aromatic carbocycles. The molecule has 1 aliphatic heterocycles. The lowest BCUT2D eigenvalue weighted by molar-refractivity contribution is 0.622. The van der Waals surface area contributed by atoms with Crippen LogP contribution in [0.25, 0.3) is 11.1 Å². The Labute approximate surface area is 133 Å². The van der Waals surface area contributed by atoms with Crippen molar-refractivity contribution in [3.63, 3.8) is 0 Å². The number of aromatic nitrogens is 1. The molecule has 3 nitrogen and oxygen atoms in total. The van der Waals surface area contributed by atoms with Crippen LogP contribution in [0.2, 0.25) is 0 Å². The molecule has 4 rings (SSSR count). The van der Waals surface area contributed by atoms with Crippen molar-refractivity contribution >= 4 is 5.84 Å². The molecule has 4 heteroatoms. The average Bonchev–Trinajstić information content (AvgIpc) is 2.93. The van der Waals surface area contributed by atoms with E-state index in [0.29, 0.717) is 5.84 Å². The Morgan fingerprint density at radius 1 is 0.913 bits per heavy atom. The summed E-state index contributed by atoms with van der Waals surface area (Å²) < 4.78 is 13.4. The van der Waals surface area contributed by atoms with E-state index in [1.165, 1.54) is 12.3 Å². The number of halogens is 1. The number of nitrogens with zero attached hydrogens (tertiary/aromatic N) is 2. The van der Waals surface area contributed by atoms with Gasteiger partial charge in [-0.05, 0) is 28.8 Å². The SMILES string of the molecule is NC1=NC(c2cccc(-c3cncc(F)c3)c2)c2ccccc21. The minimum Gasteiger partial charge on any atom is -0.383 e. The van der Waals surface area contributed by atoms with E-state index in [1.807, 2.05) is 48.5 Å². The molecule has 2 heterocycles. The van der Waals surface area contributed by atoms with Crippen molar-refractivity contribution < 1.29 is 4.39 Å². The fourth-order valence-corrected chi connectivity index (χ4v) is 2.96. The number of pyridine rings is 1. The number of amidine groups is 1. The van der Waals surface area contributed by atoms with Gasteiger partial charge in [0.25, 0.3) is 0 Å².